The van der Waals surface area contributed by atoms with Crippen molar-refractivity contribution in [2.24, 2.45) is 0 Å². The van der Waals surface area contributed by atoms with Gasteiger partial charge in [0.1, 0.15) is 0 Å². The maximum atomic E-state index is 12.6. The molecule has 0 heterocycles. The van der Waals surface area contributed by atoms with Crippen molar-refractivity contribution in [1.82, 2.24) is 5.32 Å². The molecule has 0 aromatic heterocycles. The van der Waals surface area contributed by atoms with Crippen molar-refractivity contribution in [2.75, 3.05) is 33.5 Å². The minimum Gasteiger partial charge on any atom is -0.382 e. The number of benzene rings is 1. The van der Waals surface area contributed by atoms with E-state index in [1.165, 1.54) is 12.1 Å². The Balaban J connectivity index is 2.34. The third kappa shape index (κ3) is 6.93. The van der Waals surface area contributed by atoms with Gasteiger partial charge in [-0.15, -0.1) is 0 Å². The van der Waals surface area contributed by atoms with Crippen LogP contribution in [0.5, 0.6) is 0 Å². The molecular formula is C15H22F3NO2. The Hall–Kier alpha value is -1.11. The number of hydrogen-bond acceptors (Lipinski definition) is 3. The first-order valence-electron chi connectivity index (χ1n) is 6.92. The first-order valence-corrected chi connectivity index (χ1v) is 6.92. The van der Waals surface area contributed by atoms with Gasteiger partial charge in [-0.1, -0.05) is 12.1 Å². The fourth-order valence-corrected chi connectivity index (χ4v) is 1.84. The van der Waals surface area contributed by atoms with E-state index < -0.39 is 11.7 Å². The van der Waals surface area contributed by atoms with Gasteiger partial charge in [-0.05, 0) is 37.6 Å². The van der Waals surface area contributed by atoms with E-state index >= 15 is 0 Å². The lowest BCUT2D eigenvalue weighted by Crippen LogP contribution is -2.21. The summed E-state index contributed by atoms with van der Waals surface area (Å²) in [6, 6.07) is 5.27. The Morgan fingerprint density at radius 3 is 2.62 bits per heavy atom. The Morgan fingerprint density at radius 2 is 1.95 bits per heavy atom. The minimum absolute atomic E-state index is 0.133. The molecule has 1 unspecified atom stereocenters. The van der Waals surface area contributed by atoms with Crippen LogP contribution in [0.2, 0.25) is 0 Å². The molecule has 6 heteroatoms. The summed E-state index contributed by atoms with van der Waals surface area (Å²) in [5, 5.41) is 3.19. The standard InChI is InChI=1S/C15H22F3NO2/c1-12(19-7-4-8-21-10-9-20-2)13-5-3-6-14(11-13)15(16,17)18/h3,5-6,11-12,19H,4,7-10H2,1-2H3. The van der Waals surface area contributed by atoms with Gasteiger partial charge in [-0.2, -0.15) is 13.2 Å². The number of hydrogen-bond donors (Lipinski definition) is 1. The lowest BCUT2D eigenvalue weighted by molar-refractivity contribution is -0.137. The summed E-state index contributed by atoms with van der Waals surface area (Å²) in [4.78, 5) is 0. The molecule has 0 aliphatic heterocycles. The smallest absolute Gasteiger partial charge is 0.382 e. The molecule has 0 amide bonds. The molecule has 1 rings (SSSR count). The molecule has 0 saturated heterocycles. The van der Waals surface area contributed by atoms with Crippen molar-refractivity contribution >= 4 is 0 Å². The van der Waals surface area contributed by atoms with Gasteiger partial charge in [-0.3, -0.25) is 0 Å². The maximum Gasteiger partial charge on any atom is 0.416 e. The average molecular weight is 305 g/mol. The van der Waals surface area contributed by atoms with Crippen molar-refractivity contribution in [3.8, 4) is 0 Å². The highest BCUT2D eigenvalue weighted by Gasteiger charge is 2.30. The van der Waals surface area contributed by atoms with Crippen LogP contribution in [0.1, 0.15) is 30.5 Å². The second-order valence-electron chi connectivity index (χ2n) is 4.76. The highest BCUT2D eigenvalue weighted by molar-refractivity contribution is 5.27. The van der Waals surface area contributed by atoms with Gasteiger partial charge in [0.05, 0.1) is 18.8 Å². The molecule has 3 nitrogen and oxygen atoms in total. The van der Waals surface area contributed by atoms with Crippen LogP contribution in [0.4, 0.5) is 13.2 Å². The van der Waals surface area contributed by atoms with Crippen LogP contribution in [0, 0.1) is 0 Å². The second-order valence-corrected chi connectivity index (χ2v) is 4.76. The second kappa shape index (κ2) is 9.02. The molecular weight excluding hydrogens is 283 g/mol. The summed E-state index contributed by atoms with van der Waals surface area (Å²) in [5.74, 6) is 0. The maximum absolute atomic E-state index is 12.6. The Bertz CT molecular complexity index is 410. The van der Waals surface area contributed by atoms with E-state index in [0.29, 0.717) is 31.9 Å². The van der Waals surface area contributed by atoms with E-state index in [9.17, 15) is 13.2 Å². The Labute approximate surface area is 123 Å². The summed E-state index contributed by atoms with van der Waals surface area (Å²) in [6.45, 7) is 4.26. The average Bonchev–Trinajstić information content (AvgIpc) is 2.45. The van der Waals surface area contributed by atoms with Crippen LogP contribution in [-0.2, 0) is 15.7 Å². The predicted molar refractivity (Wildman–Crippen MR) is 75.2 cm³/mol. The molecule has 1 aromatic rings. The summed E-state index contributed by atoms with van der Waals surface area (Å²) >= 11 is 0. The molecule has 0 saturated carbocycles. The van der Waals surface area contributed by atoms with Gasteiger partial charge in [0.25, 0.3) is 0 Å². The lowest BCUT2D eigenvalue weighted by atomic mass is 10.0. The van der Waals surface area contributed by atoms with Crippen LogP contribution < -0.4 is 5.32 Å². The zero-order valence-corrected chi connectivity index (χ0v) is 12.4. The molecule has 21 heavy (non-hydrogen) atoms. The molecule has 0 spiro atoms. The number of alkyl halides is 3. The fourth-order valence-electron chi connectivity index (χ4n) is 1.84. The number of nitrogens with one attached hydrogen (secondary N) is 1. The van der Waals surface area contributed by atoms with Crippen molar-refractivity contribution < 1.29 is 22.6 Å². The first kappa shape index (κ1) is 17.9. The largest absolute Gasteiger partial charge is 0.416 e. The number of methoxy groups -OCH3 is 1. The van der Waals surface area contributed by atoms with E-state index in [-0.39, 0.29) is 6.04 Å². The van der Waals surface area contributed by atoms with Gasteiger partial charge in [0, 0.05) is 19.8 Å². The fraction of sp³-hybridized carbons (Fsp3) is 0.600. The van der Waals surface area contributed by atoms with E-state index in [1.54, 1.807) is 13.2 Å². The third-order valence-electron chi connectivity index (χ3n) is 3.06. The quantitative estimate of drug-likeness (QED) is 0.709. The summed E-state index contributed by atoms with van der Waals surface area (Å²) < 4.78 is 48.1. The van der Waals surface area contributed by atoms with Gasteiger partial charge in [0.15, 0.2) is 0 Å². The zero-order chi connectivity index (χ0) is 15.7. The van der Waals surface area contributed by atoms with Crippen molar-refractivity contribution in [2.45, 2.75) is 25.6 Å². The molecule has 120 valence electrons. The van der Waals surface area contributed by atoms with Gasteiger partial charge in [0.2, 0.25) is 0 Å². The molecule has 0 aliphatic carbocycles. The van der Waals surface area contributed by atoms with Crippen LogP contribution in [0.3, 0.4) is 0 Å². The molecule has 0 bridgehead atoms. The van der Waals surface area contributed by atoms with Crippen LogP contribution in [0.25, 0.3) is 0 Å². The van der Waals surface area contributed by atoms with Gasteiger partial charge >= 0.3 is 6.18 Å². The SMILES string of the molecule is COCCOCCCNC(C)c1cccc(C(F)(F)F)c1. The highest BCUT2D eigenvalue weighted by atomic mass is 19.4. The van der Waals surface area contributed by atoms with Crippen LogP contribution in [0.15, 0.2) is 24.3 Å². The minimum atomic E-state index is -4.30. The van der Waals surface area contributed by atoms with Gasteiger partial charge < -0.3 is 14.8 Å². The third-order valence-corrected chi connectivity index (χ3v) is 3.06. The predicted octanol–water partition coefficient (Wildman–Crippen LogP) is 3.41. The van der Waals surface area contributed by atoms with Crippen molar-refractivity contribution in [3.05, 3.63) is 35.4 Å². The van der Waals surface area contributed by atoms with E-state index in [0.717, 1.165) is 12.5 Å². The van der Waals surface area contributed by atoms with E-state index in [2.05, 4.69) is 5.32 Å². The number of halogens is 3. The molecule has 0 fully saturated rings. The van der Waals surface area contributed by atoms with Crippen LogP contribution >= 0.6 is 0 Å². The summed E-state index contributed by atoms with van der Waals surface area (Å²) in [7, 11) is 1.61. The molecule has 0 aliphatic rings. The first-order chi connectivity index (χ1) is 9.95. The number of rotatable bonds is 9. The lowest BCUT2D eigenvalue weighted by Gasteiger charge is -2.16. The molecule has 1 atom stereocenters. The normalized spacial score (nSPS) is 13.4. The monoisotopic (exact) mass is 305 g/mol. The Morgan fingerprint density at radius 1 is 1.19 bits per heavy atom. The van der Waals surface area contributed by atoms with Crippen LogP contribution in [-0.4, -0.2) is 33.5 Å². The highest BCUT2D eigenvalue weighted by Crippen LogP contribution is 2.30. The van der Waals surface area contributed by atoms with E-state index in [4.69, 9.17) is 9.47 Å². The van der Waals surface area contributed by atoms with Crippen molar-refractivity contribution in [3.63, 3.8) is 0 Å². The Kier molecular flexibility index (Phi) is 7.71. The zero-order valence-electron chi connectivity index (χ0n) is 12.4. The molecule has 1 aromatic carbocycles. The number of ether oxygens (including phenoxy) is 2. The molecule has 1 N–H and O–H groups in total. The van der Waals surface area contributed by atoms with Crippen molar-refractivity contribution in [1.29, 1.82) is 0 Å². The van der Waals surface area contributed by atoms with E-state index in [1.807, 2.05) is 6.92 Å². The van der Waals surface area contributed by atoms with Gasteiger partial charge in [-0.25, -0.2) is 0 Å². The summed E-state index contributed by atoms with van der Waals surface area (Å²) in [5.41, 5.74) is 0.0154. The summed E-state index contributed by atoms with van der Waals surface area (Å²) in [6.07, 6.45) is -3.50. The molecule has 0 radical (unpaired) electrons. The topological polar surface area (TPSA) is 30.5 Å².